The standard InChI is InChI=1S/C27H25N5O3/c1-17(2)19-14-12-18(13-15-19)16-28-31-27(35)24(29-25(33)20-8-4-3-5-9-20)23-21-10-6-7-11-22(21)26(34)32-30-23/h3-17,24H,1-2H3,(H,29,33)(H,31,35)(H,32,34)/b28-16-/t24-/m0/s1. The molecule has 0 saturated heterocycles. The third kappa shape index (κ3) is 5.50. The van der Waals surface area contributed by atoms with Crippen LogP contribution >= 0.6 is 0 Å². The van der Waals surface area contributed by atoms with E-state index >= 15 is 0 Å². The Morgan fingerprint density at radius 2 is 1.57 bits per heavy atom. The van der Waals surface area contributed by atoms with Crippen molar-refractivity contribution >= 4 is 28.8 Å². The van der Waals surface area contributed by atoms with Crippen molar-refractivity contribution in [3.05, 3.63) is 112 Å². The van der Waals surface area contributed by atoms with Crippen molar-refractivity contribution in [1.29, 1.82) is 0 Å². The van der Waals surface area contributed by atoms with Crippen LogP contribution in [0.15, 0.2) is 88.8 Å². The average Bonchev–Trinajstić information content (AvgIpc) is 2.88. The molecule has 3 N–H and O–H groups in total. The fraction of sp³-hybridized carbons (Fsp3) is 0.148. The Labute approximate surface area is 202 Å². The molecule has 1 heterocycles. The van der Waals surface area contributed by atoms with E-state index in [2.05, 4.69) is 39.9 Å². The summed E-state index contributed by atoms with van der Waals surface area (Å²) in [5.41, 5.74) is 4.70. The van der Waals surface area contributed by atoms with Crippen LogP contribution in [-0.2, 0) is 4.79 Å². The topological polar surface area (TPSA) is 116 Å². The van der Waals surface area contributed by atoms with Crippen LogP contribution in [0, 0.1) is 0 Å². The molecule has 1 atom stereocenters. The fourth-order valence-electron chi connectivity index (χ4n) is 3.62. The molecule has 0 fully saturated rings. The van der Waals surface area contributed by atoms with Crippen LogP contribution in [-0.4, -0.2) is 28.2 Å². The average molecular weight is 468 g/mol. The van der Waals surface area contributed by atoms with Gasteiger partial charge in [-0.15, -0.1) is 0 Å². The summed E-state index contributed by atoms with van der Waals surface area (Å²) >= 11 is 0. The lowest BCUT2D eigenvalue weighted by Gasteiger charge is -2.18. The minimum atomic E-state index is -1.20. The summed E-state index contributed by atoms with van der Waals surface area (Å²) in [4.78, 5) is 38.3. The number of fused-ring (bicyclic) bond motifs is 1. The number of H-pyrrole nitrogens is 1. The van der Waals surface area contributed by atoms with E-state index in [0.29, 0.717) is 22.3 Å². The van der Waals surface area contributed by atoms with E-state index in [9.17, 15) is 14.4 Å². The van der Waals surface area contributed by atoms with Gasteiger partial charge in [-0.2, -0.15) is 10.2 Å². The summed E-state index contributed by atoms with van der Waals surface area (Å²) in [5, 5.41) is 14.1. The van der Waals surface area contributed by atoms with Gasteiger partial charge in [0, 0.05) is 10.9 Å². The molecule has 35 heavy (non-hydrogen) atoms. The number of carbonyl (C=O) groups excluding carboxylic acids is 2. The fourth-order valence-corrected chi connectivity index (χ4v) is 3.62. The molecule has 0 radical (unpaired) electrons. The number of nitrogens with zero attached hydrogens (tertiary/aromatic N) is 2. The van der Waals surface area contributed by atoms with Crippen LogP contribution in [0.2, 0.25) is 0 Å². The SMILES string of the molecule is CC(C)c1ccc(/C=N\NC(=O)[C@@H](NC(=O)c2ccccc2)c2n[nH]c(=O)c3ccccc23)cc1. The molecule has 176 valence electrons. The maximum atomic E-state index is 13.2. The van der Waals surface area contributed by atoms with Crippen LogP contribution in [0.1, 0.15) is 53.0 Å². The first-order valence-corrected chi connectivity index (χ1v) is 11.2. The largest absolute Gasteiger partial charge is 0.335 e. The van der Waals surface area contributed by atoms with Gasteiger partial charge in [-0.05, 0) is 35.2 Å². The number of aromatic nitrogens is 2. The quantitative estimate of drug-likeness (QED) is 0.284. The molecular weight excluding hydrogens is 442 g/mol. The zero-order valence-corrected chi connectivity index (χ0v) is 19.4. The summed E-state index contributed by atoms with van der Waals surface area (Å²) in [6.45, 7) is 4.23. The van der Waals surface area contributed by atoms with E-state index < -0.39 is 17.9 Å². The predicted molar refractivity (Wildman–Crippen MR) is 135 cm³/mol. The lowest BCUT2D eigenvalue weighted by molar-refractivity contribution is -0.123. The molecule has 1 aromatic heterocycles. The van der Waals surface area contributed by atoms with Crippen LogP contribution in [0.4, 0.5) is 0 Å². The highest BCUT2D eigenvalue weighted by Gasteiger charge is 2.27. The van der Waals surface area contributed by atoms with E-state index in [-0.39, 0.29) is 11.3 Å². The minimum absolute atomic E-state index is 0.207. The van der Waals surface area contributed by atoms with Crippen LogP contribution in [0.5, 0.6) is 0 Å². The van der Waals surface area contributed by atoms with Crippen molar-refractivity contribution in [3.63, 3.8) is 0 Å². The highest BCUT2D eigenvalue weighted by molar-refractivity contribution is 5.99. The molecule has 0 bridgehead atoms. The number of carbonyl (C=O) groups is 2. The smallest absolute Gasteiger partial charge is 0.272 e. The Bertz CT molecular complexity index is 1430. The van der Waals surface area contributed by atoms with Gasteiger partial charge in [-0.3, -0.25) is 14.4 Å². The van der Waals surface area contributed by atoms with Gasteiger partial charge in [0.15, 0.2) is 6.04 Å². The molecule has 0 aliphatic heterocycles. The Kier molecular flexibility index (Phi) is 7.11. The second kappa shape index (κ2) is 10.6. The normalized spacial score (nSPS) is 12.1. The number of aromatic amines is 1. The van der Waals surface area contributed by atoms with Gasteiger partial charge in [-0.25, -0.2) is 10.5 Å². The lowest BCUT2D eigenvalue weighted by atomic mass is 10.0. The Balaban J connectivity index is 1.62. The number of amides is 2. The first-order chi connectivity index (χ1) is 16.9. The van der Waals surface area contributed by atoms with Gasteiger partial charge in [0.25, 0.3) is 17.4 Å². The highest BCUT2D eigenvalue weighted by Crippen LogP contribution is 2.20. The van der Waals surface area contributed by atoms with Gasteiger partial charge in [0.05, 0.1) is 11.6 Å². The molecule has 3 aromatic carbocycles. The molecule has 0 unspecified atom stereocenters. The van der Waals surface area contributed by atoms with Gasteiger partial charge < -0.3 is 5.32 Å². The highest BCUT2D eigenvalue weighted by atomic mass is 16.2. The Hall–Kier alpha value is -4.59. The zero-order valence-electron chi connectivity index (χ0n) is 19.4. The van der Waals surface area contributed by atoms with Crippen molar-refractivity contribution in [3.8, 4) is 0 Å². The molecule has 4 aromatic rings. The summed E-state index contributed by atoms with van der Waals surface area (Å²) in [7, 11) is 0. The van der Waals surface area contributed by atoms with Crippen molar-refractivity contribution < 1.29 is 9.59 Å². The molecule has 2 amide bonds. The number of rotatable bonds is 7. The lowest BCUT2D eigenvalue weighted by Crippen LogP contribution is -2.40. The number of benzene rings is 3. The van der Waals surface area contributed by atoms with Crippen LogP contribution in [0.3, 0.4) is 0 Å². The molecule has 4 rings (SSSR count). The van der Waals surface area contributed by atoms with Crippen molar-refractivity contribution in [2.75, 3.05) is 0 Å². The summed E-state index contributed by atoms with van der Waals surface area (Å²) in [5.74, 6) is -0.653. The monoisotopic (exact) mass is 467 g/mol. The van der Waals surface area contributed by atoms with Crippen molar-refractivity contribution in [2.24, 2.45) is 5.10 Å². The summed E-state index contributed by atoms with van der Waals surface area (Å²) < 4.78 is 0. The third-order valence-electron chi connectivity index (χ3n) is 5.56. The van der Waals surface area contributed by atoms with E-state index in [1.54, 1.807) is 54.6 Å². The second-order valence-electron chi connectivity index (χ2n) is 8.31. The number of hydrogen-bond acceptors (Lipinski definition) is 5. The summed E-state index contributed by atoms with van der Waals surface area (Å²) in [6.07, 6.45) is 1.52. The molecule has 8 nitrogen and oxygen atoms in total. The Morgan fingerprint density at radius 3 is 2.26 bits per heavy atom. The first kappa shape index (κ1) is 23.6. The minimum Gasteiger partial charge on any atom is -0.335 e. The molecule has 0 spiro atoms. The number of hydrazone groups is 1. The van der Waals surface area contributed by atoms with Crippen LogP contribution in [0.25, 0.3) is 10.8 Å². The molecule has 0 saturated carbocycles. The van der Waals surface area contributed by atoms with E-state index in [1.165, 1.54) is 11.8 Å². The number of hydrogen-bond donors (Lipinski definition) is 3. The molecule has 8 heteroatoms. The van der Waals surface area contributed by atoms with Gasteiger partial charge in [0.2, 0.25) is 0 Å². The maximum absolute atomic E-state index is 13.2. The number of nitrogens with one attached hydrogen (secondary N) is 3. The molecule has 0 aliphatic carbocycles. The maximum Gasteiger partial charge on any atom is 0.272 e. The molecular formula is C27H25N5O3. The van der Waals surface area contributed by atoms with E-state index in [0.717, 1.165) is 5.56 Å². The van der Waals surface area contributed by atoms with E-state index in [1.807, 2.05) is 24.3 Å². The second-order valence-corrected chi connectivity index (χ2v) is 8.31. The van der Waals surface area contributed by atoms with Gasteiger partial charge >= 0.3 is 0 Å². The Morgan fingerprint density at radius 1 is 0.914 bits per heavy atom. The summed E-state index contributed by atoms with van der Waals surface area (Å²) in [6, 6.07) is 21.9. The molecule has 0 aliphatic rings. The van der Waals surface area contributed by atoms with E-state index in [4.69, 9.17) is 0 Å². The predicted octanol–water partition coefficient (Wildman–Crippen LogP) is 3.67. The first-order valence-electron chi connectivity index (χ1n) is 11.2. The van der Waals surface area contributed by atoms with Crippen LogP contribution < -0.4 is 16.3 Å². The van der Waals surface area contributed by atoms with Crippen molar-refractivity contribution in [1.82, 2.24) is 20.9 Å². The van der Waals surface area contributed by atoms with Gasteiger partial charge in [0.1, 0.15) is 5.69 Å². The van der Waals surface area contributed by atoms with Gasteiger partial charge in [-0.1, -0.05) is 74.5 Å². The zero-order chi connectivity index (χ0) is 24.8. The third-order valence-corrected chi connectivity index (χ3v) is 5.56. The van der Waals surface area contributed by atoms with Crippen molar-refractivity contribution in [2.45, 2.75) is 25.8 Å².